The van der Waals surface area contributed by atoms with Crippen LogP contribution >= 0.6 is 25.3 Å². The molecule has 0 aromatic heterocycles. The molecule has 1 rings (SSSR count). The largest absolute Gasteiger partial charge is 0.179 e. The monoisotopic (exact) mass is 202 g/mol. The van der Waals surface area contributed by atoms with Crippen LogP contribution in [0.4, 0.5) is 0 Å². The first-order valence-electron chi connectivity index (χ1n) is 4.76. The summed E-state index contributed by atoms with van der Waals surface area (Å²) in [5, 5.41) is 0. The van der Waals surface area contributed by atoms with Crippen molar-refractivity contribution >= 4 is 25.3 Å². The first-order valence-corrected chi connectivity index (χ1v) is 6.03. The minimum absolute atomic E-state index is 0.908. The standard InChI is InChI=1S/C10H18S2/c11-7-5-9-1-2-10(4-3-9)6-8-12/h1,10-12H,2-8H2. The van der Waals surface area contributed by atoms with Crippen LogP contribution in [0.15, 0.2) is 11.6 Å². The van der Waals surface area contributed by atoms with Gasteiger partial charge in [0, 0.05) is 0 Å². The first kappa shape index (κ1) is 10.5. The second-order valence-corrected chi connectivity index (χ2v) is 4.38. The lowest BCUT2D eigenvalue weighted by atomic mass is 9.87. The fourth-order valence-electron chi connectivity index (χ4n) is 1.76. The Kier molecular flexibility index (Phi) is 5.24. The van der Waals surface area contributed by atoms with E-state index in [2.05, 4.69) is 31.3 Å². The van der Waals surface area contributed by atoms with Crippen molar-refractivity contribution in [2.45, 2.75) is 32.1 Å². The summed E-state index contributed by atoms with van der Waals surface area (Å²) in [5.41, 5.74) is 1.63. The van der Waals surface area contributed by atoms with Gasteiger partial charge in [0.05, 0.1) is 0 Å². The van der Waals surface area contributed by atoms with Gasteiger partial charge in [0.2, 0.25) is 0 Å². The van der Waals surface area contributed by atoms with Gasteiger partial charge in [0.25, 0.3) is 0 Å². The molecule has 1 aliphatic rings. The van der Waals surface area contributed by atoms with Gasteiger partial charge in [-0.3, -0.25) is 0 Å². The Morgan fingerprint density at radius 2 is 2.17 bits per heavy atom. The Balaban J connectivity index is 2.26. The molecule has 1 unspecified atom stereocenters. The molecule has 0 amide bonds. The molecule has 12 heavy (non-hydrogen) atoms. The molecule has 0 spiro atoms. The van der Waals surface area contributed by atoms with Crippen molar-refractivity contribution in [2.75, 3.05) is 11.5 Å². The van der Waals surface area contributed by atoms with E-state index in [4.69, 9.17) is 0 Å². The number of thiol groups is 2. The van der Waals surface area contributed by atoms with Crippen LogP contribution in [0.25, 0.3) is 0 Å². The van der Waals surface area contributed by atoms with Crippen LogP contribution < -0.4 is 0 Å². The Morgan fingerprint density at radius 3 is 2.67 bits per heavy atom. The van der Waals surface area contributed by atoms with Crippen LogP contribution in [-0.2, 0) is 0 Å². The third-order valence-electron chi connectivity index (χ3n) is 2.58. The van der Waals surface area contributed by atoms with E-state index in [1.165, 1.54) is 32.1 Å². The van der Waals surface area contributed by atoms with Crippen LogP contribution in [0.2, 0.25) is 0 Å². The number of allylic oxidation sites excluding steroid dienone is 2. The third kappa shape index (κ3) is 3.44. The lowest BCUT2D eigenvalue weighted by Crippen LogP contribution is -2.06. The summed E-state index contributed by atoms with van der Waals surface area (Å²) in [6.07, 6.45) is 8.86. The average Bonchev–Trinajstić information content (AvgIpc) is 2.09. The topological polar surface area (TPSA) is 0 Å². The van der Waals surface area contributed by atoms with E-state index in [1.807, 2.05) is 0 Å². The Labute approximate surface area is 86.6 Å². The van der Waals surface area contributed by atoms with Gasteiger partial charge >= 0.3 is 0 Å². The van der Waals surface area contributed by atoms with Gasteiger partial charge in [-0.2, -0.15) is 25.3 Å². The van der Waals surface area contributed by atoms with Gasteiger partial charge in [-0.1, -0.05) is 11.6 Å². The SMILES string of the molecule is SCCC1=CCC(CCS)CC1. The summed E-state index contributed by atoms with van der Waals surface area (Å²) in [7, 11) is 0. The van der Waals surface area contributed by atoms with Gasteiger partial charge in [-0.15, -0.1) is 0 Å². The van der Waals surface area contributed by atoms with Crippen molar-refractivity contribution in [2.24, 2.45) is 5.92 Å². The lowest BCUT2D eigenvalue weighted by molar-refractivity contribution is 0.456. The maximum Gasteiger partial charge on any atom is -0.00606 e. The molecule has 0 bridgehead atoms. The average molecular weight is 202 g/mol. The van der Waals surface area contributed by atoms with E-state index in [0.717, 1.165) is 17.4 Å². The molecular weight excluding hydrogens is 184 g/mol. The highest BCUT2D eigenvalue weighted by atomic mass is 32.1. The zero-order valence-electron chi connectivity index (χ0n) is 7.50. The quantitative estimate of drug-likeness (QED) is 0.507. The van der Waals surface area contributed by atoms with Crippen LogP contribution in [0.3, 0.4) is 0 Å². The third-order valence-corrected chi connectivity index (χ3v) is 3.07. The number of rotatable bonds is 4. The summed E-state index contributed by atoms with van der Waals surface area (Å²) < 4.78 is 0. The number of hydrogen-bond acceptors (Lipinski definition) is 2. The van der Waals surface area contributed by atoms with Crippen LogP contribution in [-0.4, -0.2) is 11.5 Å². The van der Waals surface area contributed by atoms with Crippen LogP contribution in [0, 0.1) is 5.92 Å². The van der Waals surface area contributed by atoms with Crippen molar-refractivity contribution in [1.29, 1.82) is 0 Å². The summed E-state index contributed by atoms with van der Waals surface area (Å²) in [6, 6.07) is 0. The predicted molar refractivity (Wildman–Crippen MR) is 62.4 cm³/mol. The zero-order chi connectivity index (χ0) is 8.81. The highest BCUT2D eigenvalue weighted by Gasteiger charge is 2.12. The van der Waals surface area contributed by atoms with E-state index >= 15 is 0 Å². The highest BCUT2D eigenvalue weighted by molar-refractivity contribution is 7.80. The molecule has 0 saturated carbocycles. The van der Waals surface area contributed by atoms with E-state index in [9.17, 15) is 0 Å². The molecule has 0 fully saturated rings. The molecule has 70 valence electrons. The summed E-state index contributed by atoms with van der Waals surface area (Å²) in [5.74, 6) is 2.95. The van der Waals surface area contributed by atoms with E-state index < -0.39 is 0 Å². The minimum Gasteiger partial charge on any atom is -0.179 e. The van der Waals surface area contributed by atoms with Crippen molar-refractivity contribution in [3.05, 3.63) is 11.6 Å². The molecule has 0 radical (unpaired) electrons. The molecule has 0 nitrogen and oxygen atoms in total. The van der Waals surface area contributed by atoms with Gasteiger partial charge in [0.15, 0.2) is 0 Å². The van der Waals surface area contributed by atoms with Crippen molar-refractivity contribution < 1.29 is 0 Å². The molecule has 0 N–H and O–H groups in total. The second-order valence-electron chi connectivity index (χ2n) is 3.49. The normalized spacial score (nSPS) is 23.8. The smallest absolute Gasteiger partial charge is 0.00606 e. The van der Waals surface area contributed by atoms with Gasteiger partial charge in [-0.05, 0) is 49.5 Å². The number of hydrogen-bond donors (Lipinski definition) is 2. The minimum atomic E-state index is 0.908. The molecular formula is C10H18S2. The molecule has 0 aromatic carbocycles. The maximum atomic E-state index is 4.26. The van der Waals surface area contributed by atoms with E-state index in [0.29, 0.717) is 0 Å². The summed E-state index contributed by atoms with van der Waals surface area (Å²) in [6.45, 7) is 0. The Morgan fingerprint density at radius 1 is 1.33 bits per heavy atom. The molecule has 0 heterocycles. The molecule has 0 aromatic rings. The molecule has 0 aliphatic heterocycles. The highest BCUT2D eigenvalue weighted by Crippen LogP contribution is 2.27. The van der Waals surface area contributed by atoms with Gasteiger partial charge < -0.3 is 0 Å². The van der Waals surface area contributed by atoms with E-state index in [-0.39, 0.29) is 0 Å². The zero-order valence-corrected chi connectivity index (χ0v) is 9.29. The summed E-state index contributed by atoms with van der Waals surface area (Å²) in [4.78, 5) is 0. The van der Waals surface area contributed by atoms with Crippen molar-refractivity contribution in [1.82, 2.24) is 0 Å². The fraction of sp³-hybridized carbons (Fsp3) is 0.800. The maximum absolute atomic E-state index is 4.26. The van der Waals surface area contributed by atoms with E-state index in [1.54, 1.807) is 5.57 Å². The van der Waals surface area contributed by atoms with Crippen molar-refractivity contribution in [3.63, 3.8) is 0 Å². The van der Waals surface area contributed by atoms with Crippen LogP contribution in [0.5, 0.6) is 0 Å². The van der Waals surface area contributed by atoms with Crippen molar-refractivity contribution in [3.8, 4) is 0 Å². The second kappa shape index (κ2) is 5.98. The van der Waals surface area contributed by atoms with Gasteiger partial charge in [-0.25, -0.2) is 0 Å². The van der Waals surface area contributed by atoms with Gasteiger partial charge in [0.1, 0.15) is 0 Å². The Bertz CT molecular complexity index is 152. The summed E-state index contributed by atoms with van der Waals surface area (Å²) >= 11 is 8.50. The first-order chi connectivity index (χ1) is 5.86. The fourth-order valence-corrected chi connectivity index (χ4v) is 2.41. The molecule has 2 heteroatoms. The molecule has 0 saturated heterocycles. The lowest BCUT2D eigenvalue weighted by Gasteiger charge is -2.20. The van der Waals surface area contributed by atoms with Crippen LogP contribution in [0.1, 0.15) is 32.1 Å². The Hall–Kier alpha value is 0.440. The predicted octanol–water partition coefficient (Wildman–Crippen LogP) is 3.35. The molecule has 1 atom stereocenters. The molecule has 1 aliphatic carbocycles.